The van der Waals surface area contributed by atoms with Gasteiger partial charge >= 0.3 is 0 Å². The summed E-state index contributed by atoms with van der Waals surface area (Å²) in [6, 6.07) is 3.18. The van der Waals surface area contributed by atoms with Crippen LogP contribution in [0, 0.1) is 10.5 Å². The smallest absolute Gasteiger partial charge is 0.248 e. The minimum atomic E-state index is -0.513. The van der Waals surface area contributed by atoms with E-state index in [2.05, 4.69) is 22.6 Å². The van der Waals surface area contributed by atoms with Crippen LogP contribution in [0.25, 0.3) is 0 Å². The molecule has 0 aliphatic rings. The molecule has 0 saturated carbocycles. The number of hydrogen-bond acceptors (Lipinski definition) is 2. The first-order valence-corrected chi connectivity index (χ1v) is 4.69. The fourth-order valence-corrected chi connectivity index (χ4v) is 1.61. The van der Waals surface area contributed by atoms with E-state index in [9.17, 15) is 9.59 Å². The van der Waals surface area contributed by atoms with Gasteiger partial charge in [0, 0.05) is 14.7 Å². The highest BCUT2D eigenvalue weighted by Gasteiger charge is 2.07. The summed E-state index contributed by atoms with van der Waals surface area (Å²) in [4.78, 5) is 21.4. The Morgan fingerprint density at radius 1 is 1.54 bits per heavy atom. The van der Waals surface area contributed by atoms with Crippen LogP contribution in [-0.4, -0.2) is 12.2 Å². The maximum Gasteiger partial charge on any atom is 0.248 e. The summed E-state index contributed by atoms with van der Waals surface area (Å²) in [6.45, 7) is 1.83. The first kappa shape index (κ1) is 10.2. The number of amides is 1. The van der Waals surface area contributed by atoms with Crippen LogP contribution in [0.5, 0.6) is 0 Å². The van der Waals surface area contributed by atoms with Crippen molar-refractivity contribution in [3.8, 4) is 0 Å². The number of carbonyl (C=O) groups excluding carboxylic acids is 2. The van der Waals surface area contributed by atoms with Crippen LogP contribution in [0.1, 0.15) is 26.3 Å². The molecule has 0 saturated heterocycles. The molecule has 3 nitrogen and oxygen atoms in total. The second-order valence-corrected chi connectivity index (χ2v) is 3.82. The maximum atomic E-state index is 10.8. The first-order valence-electron chi connectivity index (χ1n) is 3.61. The molecule has 68 valence electrons. The fraction of sp³-hybridized carbons (Fsp3) is 0.111. The van der Waals surface area contributed by atoms with Crippen LogP contribution in [-0.2, 0) is 0 Å². The van der Waals surface area contributed by atoms with Crippen molar-refractivity contribution in [2.45, 2.75) is 6.92 Å². The molecule has 1 aromatic carbocycles. The molecule has 0 spiro atoms. The number of aldehydes is 1. The monoisotopic (exact) mass is 289 g/mol. The fourth-order valence-electron chi connectivity index (χ4n) is 0.965. The van der Waals surface area contributed by atoms with Crippen LogP contribution < -0.4 is 5.73 Å². The Balaban J connectivity index is 3.38. The first-order chi connectivity index (χ1) is 6.06. The van der Waals surface area contributed by atoms with Gasteiger partial charge in [0.15, 0.2) is 0 Å². The van der Waals surface area contributed by atoms with Gasteiger partial charge in [0.05, 0.1) is 0 Å². The third-order valence-electron chi connectivity index (χ3n) is 1.80. The molecule has 0 aliphatic heterocycles. The summed E-state index contributed by atoms with van der Waals surface area (Å²) >= 11 is 2.07. The van der Waals surface area contributed by atoms with E-state index in [0.717, 1.165) is 15.4 Å². The number of carbonyl (C=O) groups is 2. The summed E-state index contributed by atoms with van der Waals surface area (Å²) < 4.78 is 0.871. The van der Waals surface area contributed by atoms with Gasteiger partial charge in [0.1, 0.15) is 6.29 Å². The van der Waals surface area contributed by atoms with Gasteiger partial charge in [-0.15, -0.1) is 0 Å². The molecule has 4 heteroatoms. The van der Waals surface area contributed by atoms with Crippen molar-refractivity contribution in [2.75, 3.05) is 0 Å². The highest BCUT2D eigenvalue weighted by Crippen LogP contribution is 2.17. The van der Waals surface area contributed by atoms with Crippen LogP contribution in [0.15, 0.2) is 12.1 Å². The normalized spacial score (nSPS) is 9.69. The molecule has 0 unspecified atom stereocenters. The van der Waals surface area contributed by atoms with E-state index in [4.69, 9.17) is 5.73 Å². The third kappa shape index (κ3) is 2.06. The van der Waals surface area contributed by atoms with Gasteiger partial charge in [0.2, 0.25) is 5.91 Å². The van der Waals surface area contributed by atoms with Crippen molar-refractivity contribution in [1.82, 2.24) is 0 Å². The molecular formula is C9H8INO2. The lowest BCUT2D eigenvalue weighted by Crippen LogP contribution is -2.12. The SMILES string of the molecule is Cc1c(I)cc(C(N)=O)cc1C=O. The van der Waals surface area contributed by atoms with Crippen molar-refractivity contribution in [1.29, 1.82) is 0 Å². The molecule has 0 fully saturated rings. The van der Waals surface area contributed by atoms with E-state index in [1.807, 2.05) is 6.92 Å². The van der Waals surface area contributed by atoms with E-state index >= 15 is 0 Å². The minimum absolute atomic E-state index is 0.372. The molecule has 0 radical (unpaired) electrons. The maximum absolute atomic E-state index is 10.8. The number of rotatable bonds is 2. The molecule has 0 atom stereocenters. The topological polar surface area (TPSA) is 60.2 Å². The zero-order valence-electron chi connectivity index (χ0n) is 7.00. The Labute approximate surface area is 89.5 Å². The van der Waals surface area contributed by atoms with Gasteiger partial charge in [-0.2, -0.15) is 0 Å². The average molecular weight is 289 g/mol. The van der Waals surface area contributed by atoms with Crippen LogP contribution in [0.3, 0.4) is 0 Å². The number of benzene rings is 1. The summed E-state index contributed by atoms with van der Waals surface area (Å²) in [5, 5.41) is 0. The second-order valence-electron chi connectivity index (χ2n) is 2.65. The minimum Gasteiger partial charge on any atom is -0.366 e. The van der Waals surface area contributed by atoms with Gasteiger partial charge in [-0.1, -0.05) is 0 Å². The van der Waals surface area contributed by atoms with Crippen LogP contribution >= 0.6 is 22.6 Å². The van der Waals surface area contributed by atoms with E-state index in [-0.39, 0.29) is 0 Å². The Morgan fingerprint density at radius 3 is 2.62 bits per heavy atom. The predicted molar refractivity (Wildman–Crippen MR) is 57.8 cm³/mol. The van der Waals surface area contributed by atoms with Crippen molar-refractivity contribution < 1.29 is 9.59 Å². The van der Waals surface area contributed by atoms with Gasteiger partial charge in [-0.3, -0.25) is 9.59 Å². The predicted octanol–water partition coefficient (Wildman–Crippen LogP) is 1.51. The van der Waals surface area contributed by atoms with Crippen molar-refractivity contribution in [2.24, 2.45) is 5.73 Å². The zero-order valence-corrected chi connectivity index (χ0v) is 9.16. The van der Waals surface area contributed by atoms with Gasteiger partial charge in [0.25, 0.3) is 0 Å². The quantitative estimate of drug-likeness (QED) is 0.662. The highest BCUT2D eigenvalue weighted by atomic mass is 127. The molecule has 0 heterocycles. The van der Waals surface area contributed by atoms with Gasteiger partial charge in [-0.05, 0) is 47.2 Å². The number of hydrogen-bond donors (Lipinski definition) is 1. The van der Waals surface area contributed by atoms with Crippen LogP contribution in [0.2, 0.25) is 0 Å². The van der Waals surface area contributed by atoms with Gasteiger partial charge < -0.3 is 5.73 Å². The molecular weight excluding hydrogens is 281 g/mol. The van der Waals surface area contributed by atoms with Crippen molar-refractivity contribution in [3.05, 3.63) is 32.4 Å². The zero-order chi connectivity index (χ0) is 10.0. The molecule has 2 N–H and O–H groups in total. The highest BCUT2D eigenvalue weighted by molar-refractivity contribution is 14.1. The molecule has 1 amide bonds. The lowest BCUT2D eigenvalue weighted by atomic mass is 10.1. The molecule has 0 bridgehead atoms. The van der Waals surface area contributed by atoms with E-state index in [1.165, 1.54) is 6.07 Å². The molecule has 1 rings (SSSR count). The molecule has 0 aliphatic carbocycles. The molecule has 1 aromatic rings. The summed E-state index contributed by atoms with van der Waals surface area (Å²) in [6.07, 6.45) is 0.726. The Kier molecular flexibility index (Phi) is 3.02. The summed E-state index contributed by atoms with van der Waals surface area (Å²) in [7, 11) is 0. The third-order valence-corrected chi connectivity index (χ3v) is 2.92. The lowest BCUT2D eigenvalue weighted by molar-refractivity contribution is 0.1000. The summed E-state index contributed by atoms with van der Waals surface area (Å²) in [5.41, 5.74) is 6.86. The standard InChI is InChI=1S/C9H8INO2/c1-5-7(4-12)2-6(9(11)13)3-8(5)10/h2-4H,1H3,(H2,11,13). The van der Waals surface area contributed by atoms with Crippen LogP contribution in [0.4, 0.5) is 0 Å². The van der Waals surface area contributed by atoms with Crippen molar-refractivity contribution >= 4 is 34.8 Å². The van der Waals surface area contributed by atoms with Gasteiger partial charge in [-0.25, -0.2) is 0 Å². The van der Waals surface area contributed by atoms with E-state index in [0.29, 0.717) is 11.1 Å². The summed E-state index contributed by atoms with van der Waals surface area (Å²) in [5.74, 6) is -0.513. The molecule has 0 aromatic heterocycles. The van der Waals surface area contributed by atoms with E-state index in [1.54, 1.807) is 6.07 Å². The van der Waals surface area contributed by atoms with E-state index < -0.39 is 5.91 Å². The Morgan fingerprint density at radius 2 is 2.15 bits per heavy atom. The Hall–Kier alpha value is -0.910. The number of halogens is 1. The largest absolute Gasteiger partial charge is 0.366 e. The lowest BCUT2D eigenvalue weighted by Gasteiger charge is -2.03. The van der Waals surface area contributed by atoms with Crippen molar-refractivity contribution in [3.63, 3.8) is 0 Å². The average Bonchev–Trinajstić information content (AvgIpc) is 2.09. The number of nitrogens with two attached hydrogens (primary N) is 1. The Bertz CT molecular complexity index is 374. The second kappa shape index (κ2) is 3.87. The molecule has 13 heavy (non-hydrogen) atoms. The number of primary amides is 1.